The van der Waals surface area contributed by atoms with Gasteiger partial charge >= 0.3 is 0 Å². The van der Waals surface area contributed by atoms with Gasteiger partial charge in [-0.15, -0.1) is 11.3 Å². The van der Waals surface area contributed by atoms with E-state index >= 15 is 0 Å². The summed E-state index contributed by atoms with van der Waals surface area (Å²) in [5.41, 5.74) is 2.52. The molecule has 0 radical (unpaired) electrons. The lowest BCUT2D eigenvalue weighted by Gasteiger charge is -2.12. The molecule has 0 saturated carbocycles. The number of hydrogen-bond acceptors (Lipinski definition) is 6. The Hall–Kier alpha value is -3.46. The number of carbonyl (C=O) groups is 2. The van der Waals surface area contributed by atoms with E-state index in [4.69, 9.17) is 4.42 Å². The van der Waals surface area contributed by atoms with E-state index in [-0.39, 0.29) is 24.0 Å². The second-order valence-electron chi connectivity index (χ2n) is 6.35. The van der Waals surface area contributed by atoms with Gasteiger partial charge in [-0.2, -0.15) is 0 Å². The molecule has 0 fully saturated rings. The predicted octanol–water partition coefficient (Wildman–Crippen LogP) is 2.93. The minimum atomic E-state index is -0.370. The molecular weight excluding hydrogens is 378 g/mol. The fraction of sp³-hybridized carbons (Fsp3) is 0.158. The van der Waals surface area contributed by atoms with Crippen molar-refractivity contribution in [2.75, 3.05) is 16.8 Å². The molecule has 4 aromatic rings. The molecule has 1 aliphatic heterocycles. The van der Waals surface area contributed by atoms with Gasteiger partial charge in [-0.3, -0.25) is 19.8 Å². The Morgan fingerprint density at radius 1 is 1.14 bits per heavy atom. The van der Waals surface area contributed by atoms with Crippen molar-refractivity contribution in [2.24, 2.45) is 0 Å². The summed E-state index contributed by atoms with van der Waals surface area (Å²) in [5.74, 6) is 0.449. The Bertz CT molecular complexity index is 1180. The molecule has 3 aromatic heterocycles. The predicted molar refractivity (Wildman–Crippen MR) is 105 cm³/mol. The van der Waals surface area contributed by atoms with Gasteiger partial charge in [0.1, 0.15) is 0 Å². The fourth-order valence-electron chi connectivity index (χ4n) is 3.29. The van der Waals surface area contributed by atoms with E-state index in [0.29, 0.717) is 23.3 Å². The maximum atomic E-state index is 12.8. The number of rotatable bonds is 4. The molecule has 8 nitrogen and oxygen atoms in total. The zero-order chi connectivity index (χ0) is 19.1. The normalized spacial score (nSPS) is 13.1. The summed E-state index contributed by atoms with van der Waals surface area (Å²) < 4.78 is 7.12. The van der Waals surface area contributed by atoms with E-state index in [2.05, 4.69) is 19.9 Å². The first-order valence-corrected chi connectivity index (χ1v) is 9.62. The van der Waals surface area contributed by atoms with Crippen LogP contribution in [0.1, 0.15) is 16.2 Å². The highest BCUT2D eigenvalue weighted by atomic mass is 32.1. The van der Waals surface area contributed by atoms with Gasteiger partial charge in [-0.1, -0.05) is 12.1 Å². The lowest BCUT2D eigenvalue weighted by molar-refractivity contribution is -0.117. The van der Waals surface area contributed by atoms with E-state index in [1.54, 1.807) is 22.4 Å². The largest absolute Gasteiger partial charge is 0.459 e. The summed E-state index contributed by atoms with van der Waals surface area (Å²) >= 11 is 1.27. The maximum Gasteiger partial charge on any atom is 0.293 e. The SMILES string of the molecule is O=C(Nc1nc(CC(=O)N2CCn3c2nc2ccccc23)cs1)c1ccco1. The van der Waals surface area contributed by atoms with Crippen LogP contribution in [0, 0.1) is 0 Å². The van der Waals surface area contributed by atoms with Crippen molar-refractivity contribution in [2.45, 2.75) is 13.0 Å². The van der Waals surface area contributed by atoms with Crippen LogP contribution < -0.4 is 10.2 Å². The number of anilines is 2. The number of thiazole rings is 1. The molecule has 0 atom stereocenters. The number of nitrogens with zero attached hydrogens (tertiary/aromatic N) is 4. The zero-order valence-electron chi connectivity index (χ0n) is 14.7. The van der Waals surface area contributed by atoms with Crippen LogP contribution in [-0.4, -0.2) is 32.9 Å². The van der Waals surface area contributed by atoms with Gasteiger partial charge in [0, 0.05) is 18.5 Å². The lowest BCUT2D eigenvalue weighted by atomic mass is 10.3. The van der Waals surface area contributed by atoms with Crippen LogP contribution >= 0.6 is 11.3 Å². The number of furan rings is 1. The number of para-hydroxylation sites is 2. The Kier molecular flexibility index (Phi) is 3.94. The van der Waals surface area contributed by atoms with Crippen LogP contribution in [0.3, 0.4) is 0 Å². The molecular formula is C19H15N5O3S. The number of aromatic nitrogens is 3. The average molecular weight is 393 g/mol. The molecule has 2 amide bonds. The third kappa shape index (κ3) is 2.85. The molecule has 28 heavy (non-hydrogen) atoms. The van der Waals surface area contributed by atoms with E-state index in [1.807, 2.05) is 24.3 Å². The molecule has 0 unspecified atom stereocenters. The molecule has 1 aromatic carbocycles. The number of nitrogens with one attached hydrogen (secondary N) is 1. The Balaban J connectivity index is 1.30. The Labute approximate surface area is 163 Å². The highest BCUT2D eigenvalue weighted by Crippen LogP contribution is 2.28. The molecule has 5 rings (SSSR count). The number of hydrogen-bond donors (Lipinski definition) is 1. The molecule has 0 saturated heterocycles. The smallest absolute Gasteiger partial charge is 0.293 e. The molecule has 140 valence electrons. The van der Waals surface area contributed by atoms with Crippen molar-refractivity contribution in [3.05, 3.63) is 59.5 Å². The molecule has 1 aliphatic rings. The average Bonchev–Trinajstić information content (AvgIpc) is 3.46. The van der Waals surface area contributed by atoms with E-state index in [0.717, 1.165) is 17.6 Å². The number of carbonyl (C=O) groups excluding carboxylic acids is 2. The Morgan fingerprint density at radius 2 is 2.04 bits per heavy atom. The van der Waals surface area contributed by atoms with Gasteiger partial charge in [-0.05, 0) is 24.3 Å². The second-order valence-corrected chi connectivity index (χ2v) is 7.21. The topological polar surface area (TPSA) is 93.3 Å². The minimum Gasteiger partial charge on any atom is -0.459 e. The summed E-state index contributed by atoms with van der Waals surface area (Å²) in [7, 11) is 0. The van der Waals surface area contributed by atoms with Crippen LogP contribution in [0.5, 0.6) is 0 Å². The Morgan fingerprint density at radius 3 is 2.89 bits per heavy atom. The van der Waals surface area contributed by atoms with Crippen molar-refractivity contribution in [1.29, 1.82) is 0 Å². The van der Waals surface area contributed by atoms with Gasteiger partial charge in [0.25, 0.3) is 5.91 Å². The molecule has 9 heteroatoms. The van der Waals surface area contributed by atoms with Crippen molar-refractivity contribution in [3.8, 4) is 0 Å². The van der Waals surface area contributed by atoms with Gasteiger partial charge in [0.15, 0.2) is 10.9 Å². The zero-order valence-corrected chi connectivity index (χ0v) is 15.5. The summed E-state index contributed by atoms with van der Waals surface area (Å²) in [6.45, 7) is 1.32. The maximum absolute atomic E-state index is 12.8. The van der Waals surface area contributed by atoms with Crippen LogP contribution in [0.2, 0.25) is 0 Å². The highest BCUT2D eigenvalue weighted by molar-refractivity contribution is 7.14. The van der Waals surface area contributed by atoms with Gasteiger partial charge < -0.3 is 8.98 Å². The van der Waals surface area contributed by atoms with Gasteiger partial charge in [-0.25, -0.2) is 9.97 Å². The molecule has 1 N–H and O–H groups in total. The van der Waals surface area contributed by atoms with Crippen molar-refractivity contribution in [3.63, 3.8) is 0 Å². The molecule has 4 heterocycles. The first kappa shape index (κ1) is 16.7. The number of benzene rings is 1. The first-order valence-electron chi connectivity index (χ1n) is 8.74. The standard InChI is InChI=1S/C19H15N5O3S/c25-16(24-8-7-23-14-5-2-1-4-13(14)21-19(23)24)10-12-11-28-18(20-12)22-17(26)15-6-3-9-27-15/h1-6,9,11H,7-8,10H2,(H,20,22,26). The fourth-order valence-corrected chi connectivity index (χ4v) is 3.99. The van der Waals surface area contributed by atoms with Crippen LogP contribution in [0.4, 0.5) is 11.1 Å². The summed E-state index contributed by atoms with van der Waals surface area (Å²) in [5, 5.41) is 4.88. The third-order valence-corrected chi connectivity index (χ3v) is 5.38. The van der Waals surface area contributed by atoms with E-state index in [1.165, 1.54) is 17.6 Å². The van der Waals surface area contributed by atoms with Gasteiger partial charge in [0.2, 0.25) is 11.9 Å². The third-order valence-electron chi connectivity index (χ3n) is 4.57. The first-order chi connectivity index (χ1) is 13.7. The molecule has 0 bridgehead atoms. The second kappa shape index (κ2) is 6.61. The number of amides is 2. The quantitative estimate of drug-likeness (QED) is 0.575. The lowest BCUT2D eigenvalue weighted by Crippen LogP contribution is -2.31. The van der Waals surface area contributed by atoms with Crippen LogP contribution in [0.15, 0.2) is 52.5 Å². The monoisotopic (exact) mass is 393 g/mol. The van der Waals surface area contributed by atoms with Gasteiger partial charge in [0.05, 0.1) is 29.4 Å². The molecule has 0 spiro atoms. The highest BCUT2D eigenvalue weighted by Gasteiger charge is 2.28. The summed E-state index contributed by atoms with van der Waals surface area (Å²) in [4.78, 5) is 35.4. The van der Waals surface area contributed by atoms with Crippen LogP contribution in [-0.2, 0) is 17.8 Å². The summed E-state index contributed by atoms with van der Waals surface area (Å²) in [6.07, 6.45) is 1.58. The minimum absolute atomic E-state index is 0.0664. The van der Waals surface area contributed by atoms with E-state index < -0.39 is 0 Å². The van der Waals surface area contributed by atoms with Crippen LogP contribution in [0.25, 0.3) is 11.0 Å². The molecule has 0 aliphatic carbocycles. The number of imidazole rings is 1. The van der Waals surface area contributed by atoms with Crippen molar-refractivity contribution in [1.82, 2.24) is 14.5 Å². The van der Waals surface area contributed by atoms with Crippen molar-refractivity contribution < 1.29 is 14.0 Å². The van der Waals surface area contributed by atoms with E-state index in [9.17, 15) is 9.59 Å². The summed E-state index contributed by atoms with van der Waals surface area (Å²) in [6, 6.07) is 11.1. The van der Waals surface area contributed by atoms with Crippen molar-refractivity contribution >= 4 is 45.3 Å². The number of fused-ring (bicyclic) bond motifs is 3.